The van der Waals surface area contributed by atoms with Crippen LogP contribution in [-0.2, 0) is 4.74 Å². The van der Waals surface area contributed by atoms with Crippen molar-refractivity contribution in [3.05, 3.63) is 29.3 Å². The predicted molar refractivity (Wildman–Crippen MR) is 81.0 cm³/mol. The zero-order chi connectivity index (χ0) is 14.4. The van der Waals surface area contributed by atoms with E-state index in [0.717, 1.165) is 22.6 Å². The summed E-state index contributed by atoms with van der Waals surface area (Å²) in [4.78, 5) is 15.3. The first kappa shape index (κ1) is 16.1. The second-order valence-corrected chi connectivity index (χ2v) is 5.65. The SMILES string of the molecule is COCCN(CC(C)C)C(=O)c1cc(S)ccc1C. The third-order valence-corrected chi connectivity index (χ3v) is 3.17. The van der Waals surface area contributed by atoms with Gasteiger partial charge in [0.15, 0.2) is 0 Å². The minimum absolute atomic E-state index is 0.0548. The van der Waals surface area contributed by atoms with Gasteiger partial charge in [-0.15, -0.1) is 12.6 Å². The summed E-state index contributed by atoms with van der Waals surface area (Å²) in [6.45, 7) is 8.06. The maximum absolute atomic E-state index is 12.6. The van der Waals surface area contributed by atoms with E-state index >= 15 is 0 Å². The van der Waals surface area contributed by atoms with Crippen molar-refractivity contribution in [1.29, 1.82) is 0 Å². The van der Waals surface area contributed by atoms with Crippen LogP contribution in [0, 0.1) is 12.8 Å². The zero-order valence-corrected chi connectivity index (χ0v) is 13.0. The Kier molecular flexibility index (Phi) is 6.38. The minimum Gasteiger partial charge on any atom is -0.383 e. The van der Waals surface area contributed by atoms with Gasteiger partial charge in [-0.1, -0.05) is 19.9 Å². The van der Waals surface area contributed by atoms with Crippen LogP contribution in [0.25, 0.3) is 0 Å². The number of carbonyl (C=O) groups excluding carboxylic acids is 1. The van der Waals surface area contributed by atoms with Crippen LogP contribution in [0.5, 0.6) is 0 Å². The minimum atomic E-state index is 0.0548. The number of hydrogen-bond donors (Lipinski definition) is 1. The first-order chi connectivity index (χ1) is 8.95. The molecule has 0 bridgehead atoms. The molecule has 0 spiro atoms. The Balaban J connectivity index is 2.93. The number of benzene rings is 1. The molecule has 1 rings (SSSR count). The van der Waals surface area contributed by atoms with Gasteiger partial charge in [0.05, 0.1) is 6.61 Å². The van der Waals surface area contributed by atoms with Crippen LogP contribution in [0.15, 0.2) is 23.1 Å². The van der Waals surface area contributed by atoms with E-state index in [1.165, 1.54) is 0 Å². The highest BCUT2D eigenvalue weighted by Crippen LogP contribution is 2.17. The fourth-order valence-corrected chi connectivity index (χ4v) is 2.13. The van der Waals surface area contributed by atoms with Crippen LogP contribution < -0.4 is 0 Å². The molecule has 0 aliphatic rings. The van der Waals surface area contributed by atoms with Gasteiger partial charge in [-0.3, -0.25) is 4.79 Å². The monoisotopic (exact) mass is 281 g/mol. The first-order valence-corrected chi connectivity index (χ1v) is 6.98. The Hall–Kier alpha value is -1.00. The molecule has 106 valence electrons. The Morgan fingerprint density at radius 2 is 2.11 bits per heavy atom. The third kappa shape index (κ3) is 4.88. The van der Waals surface area contributed by atoms with E-state index in [0.29, 0.717) is 19.1 Å². The summed E-state index contributed by atoms with van der Waals surface area (Å²) in [7, 11) is 1.65. The summed E-state index contributed by atoms with van der Waals surface area (Å²) in [6.07, 6.45) is 0. The van der Waals surface area contributed by atoms with Crippen molar-refractivity contribution in [2.45, 2.75) is 25.7 Å². The van der Waals surface area contributed by atoms with Gasteiger partial charge in [-0.2, -0.15) is 0 Å². The van der Waals surface area contributed by atoms with Gasteiger partial charge in [-0.25, -0.2) is 0 Å². The molecular formula is C15H23NO2S. The molecule has 0 aliphatic heterocycles. The molecule has 0 atom stereocenters. The highest BCUT2D eigenvalue weighted by Gasteiger charge is 2.18. The van der Waals surface area contributed by atoms with Crippen molar-refractivity contribution < 1.29 is 9.53 Å². The van der Waals surface area contributed by atoms with Gasteiger partial charge in [0.2, 0.25) is 0 Å². The van der Waals surface area contributed by atoms with Gasteiger partial charge < -0.3 is 9.64 Å². The number of aryl methyl sites for hydroxylation is 1. The molecule has 0 saturated carbocycles. The standard InChI is InChI=1S/C15H23NO2S/c1-11(2)10-16(7-8-18-4)15(17)14-9-13(19)6-5-12(14)3/h5-6,9,11,19H,7-8,10H2,1-4H3. The summed E-state index contributed by atoms with van der Waals surface area (Å²) in [5.74, 6) is 0.486. The lowest BCUT2D eigenvalue weighted by molar-refractivity contribution is 0.0671. The van der Waals surface area contributed by atoms with E-state index in [4.69, 9.17) is 4.74 Å². The van der Waals surface area contributed by atoms with E-state index in [-0.39, 0.29) is 5.91 Å². The van der Waals surface area contributed by atoms with Crippen LogP contribution in [0.3, 0.4) is 0 Å². The molecule has 0 aromatic heterocycles. The van der Waals surface area contributed by atoms with Gasteiger partial charge in [0.1, 0.15) is 0 Å². The number of rotatable bonds is 6. The number of ether oxygens (including phenoxy) is 1. The Morgan fingerprint density at radius 3 is 2.68 bits per heavy atom. The molecule has 3 nitrogen and oxygen atoms in total. The first-order valence-electron chi connectivity index (χ1n) is 6.53. The topological polar surface area (TPSA) is 29.5 Å². The molecule has 1 aromatic rings. The van der Waals surface area contributed by atoms with Crippen molar-refractivity contribution in [3.8, 4) is 0 Å². The van der Waals surface area contributed by atoms with Gasteiger partial charge >= 0.3 is 0 Å². The number of amides is 1. The molecule has 0 fully saturated rings. The smallest absolute Gasteiger partial charge is 0.254 e. The maximum Gasteiger partial charge on any atom is 0.254 e. The Morgan fingerprint density at radius 1 is 1.42 bits per heavy atom. The second-order valence-electron chi connectivity index (χ2n) is 5.14. The number of methoxy groups -OCH3 is 1. The molecule has 0 radical (unpaired) electrons. The van der Waals surface area contributed by atoms with Gasteiger partial charge in [0, 0.05) is 30.7 Å². The molecule has 0 heterocycles. The summed E-state index contributed by atoms with van der Waals surface area (Å²) >= 11 is 4.31. The predicted octanol–water partition coefficient (Wildman–Crippen LogP) is 3.03. The van der Waals surface area contributed by atoms with E-state index in [1.807, 2.05) is 30.0 Å². The van der Waals surface area contributed by atoms with Gasteiger partial charge in [-0.05, 0) is 30.5 Å². The molecule has 0 N–H and O–H groups in total. The average Bonchev–Trinajstić information content (AvgIpc) is 2.36. The summed E-state index contributed by atoms with van der Waals surface area (Å²) < 4.78 is 5.08. The highest BCUT2D eigenvalue weighted by molar-refractivity contribution is 7.80. The van der Waals surface area contributed by atoms with Crippen LogP contribution in [-0.4, -0.2) is 37.6 Å². The Bertz CT molecular complexity index is 432. The van der Waals surface area contributed by atoms with E-state index in [2.05, 4.69) is 26.5 Å². The normalized spacial score (nSPS) is 10.8. The lowest BCUT2D eigenvalue weighted by Gasteiger charge is -2.25. The van der Waals surface area contributed by atoms with Gasteiger partial charge in [0.25, 0.3) is 5.91 Å². The van der Waals surface area contributed by atoms with Crippen LogP contribution in [0.2, 0.25) is 0 Å². The number of thiol groups is 1. The molecule has 0 aliphatic carbocycles. The second kappa shape index (κ2) is 7.56. The van der Waals surface area contributed by atoms with E-state index < -0.39 is 0 Å². The summed E-state index contributed by atoms with van der Waals surface area (Å²) in [5.41, 5.74) is 1.71. The average molecular weight is 281 g/mol. The van der Waals surface area contributed by atoms with Crippen molar-refractivity contribution in [1.82, 2.24) is 4.90 Å². The van der Waals surface area contributed by atoms with Crippen LogP contribution in [0.4, 0.5) is 0 Å². The largest absolute Gasteiger partial charge is 0.383 e. The molecule has 4 heteroatoms. The lowest BCUT2D eigenvalue weighted by atomic mass is 10.1. The van der Waals surface area contributed by atoms with E-state index in [9.17, 15) is 4.79 Å². The van der Waals surface area contributed by atoms with Crippen LogP contribution in [0.1, 0.15) is 29.8 Å². The lowest BCUT2D eigenvalue weighted by Crippen LogP contribution is -2.37. The Labute approximate surface area is 121 Å². The highest BCUT2D eigenvalue weighted by atomic mass is 32.1. The fraction of sp³-hybridized carbons (Fsp3) is 0.533. The fourth-order valence-electron chi connectivity index (χ4n) is 1.93. The molecule has 0 unspecified atom stereocenters. The summed E-state index contributed by atoms with van der Waals surface area (Å²) in [6, 6.07) is 5.66. The van der Waals surface area contributed by atoms with Crippen LogP contribution >= 0.6 is 12.6 Å². The molecule has 19 heavy (non-hydrogen) atoms. The number of nitrogens with zero attached hydrogens (tertiary/aromatic N) is 1. The quantitative estimate of drug-likeness (QED) is 0.812. The number of hydrogen-bond acceptors (Lipinski definition) is 3. The van der Waals surface area contributed by atoms with Crippen molar-refractivity contribution >= 4 is 18.5 Å². The van der Waals surface area contributed by atoms with Crippen molar-refractivity contribution in [2.75, 3.05) is 26.8 Å². The van der Waals surface area contributed by atoms with Crippen molar-refractivity contribution in [2.24, 2.45) is 5.92 Å². The number of carbonyl (C=O) groups is 1. The summed E-state index contributed by atoms with van der Waals surface area (Å²) in [5, 5.41) is 0. The molecule has 1 amide bonds. The maximum atomic E-state index is 12.6. The molecular weight excluding hydrogens is 258 g/mol. The third-order valence-electron chi connectivity index (χ3n) is 2.89. The van der Waals surface area contributed by atoms with E-state index in [1.54, 1.807) is 7.11 Å². The zero-order valence-electron chi connectivity index (χ0n) is 12.1. The molecule has 1 aromatic carbocycles. The molecule has 0 saturated heterocycles. The van der Waals surface area contributed by atoms with Crippen molar-refractivity contribution in [3.63, 3.8) is 0 Å².